The number of carbonyl (C=O) groups excluding carboxylic acids is 2. The van der Waals surface area contributed by atoms with Crippen molar-refractivity contribution in [1.82, 2.24) is 0 Å². The summed E-state index contributed by atoms with van der Waals surface area (Å²) in [5, 5.41) is 0. The smallest absolute Gasteiger partial charge is 0.270 e. The van der Waals surface area contributed by atoms with Crippen LogP contribution >= 0.6 is 11.6 Å². The van der Waals surface area contributed by atoms with Gasteiger partial charge in [0.15, 0.2) is 11.9 Å². The molecule has 0 saturated carbocycles. The molecular formula is C15H18ClNO4. The Morgan fingerprint density at radius 3 is 2.76 bits per heavy atom. The average Bonchev–Trinajstić information content (AvgIpc) is 2.48. The van der Waals surface area contributed by atoms with Crippen molar-refractivity contribution in [1.29, 1.82) is 0 Å². The van der Waals surface area contributed by atoms with Crippen molar-refractivity contribution in [3.8, 4) is 5.75 Å². The van der Waals surface area contributed by atoms with Gasteiger partial charge in [-0.3, -0.25) is 14.5 Å². The zero-order valence-electron chi connectivity index (χ0n) is 12.3. The Balaban J connectivity index is 2.46. The second-order valence-corrected chi connectivity index (χ2v) is 5.47. The molecule has 1 amide bonds. The first kappa shape index (κ1) is 15.8. The van der Waals surface area contributed by atoms with Crippen molar-refractivity contribution >= 4 is 29.0 Å². The molecule has 0 radical (unpaired) electrons. The van der Waals surface area contributed by atoms with Crippen LogP contribution in [0.1, 0.15) is 24.2 Å². The summed E-state index contributed by atoms with van der Waals surface area (Å²) in [4.78, 5) is 25.7. The zero-order chi connectivity index (χ0) is 15.6. The number of alkyl halides is 1. The van der Waals surface area contributed by atoms with Gasteiger partial charge in [-0.05, 0) is 24.1 Å². The number of hydrogen-bond donors (Lipinski definition) is 0. The molecule has 0 fully saturated rings. The summed E-state index contributed by atoms with van der Waals surface area (Å²) in [5.41, 5.74) is 0.985. The molecule has 5 nitrogen and oxygen atoms in total. The molecular weight excluding hydrogens is 294 g/mol. The second kappa shape index (κ2) is 6.45. The summed E-state index contributed by atoms with van der Waals surface area (Å²) in [6.45, 7) is 3.95. The Labute approximate surface area is 128 Å². The quantitative estimate of drug-likeness (QED) is 0.619. The number of halogens is 1. The Kier molecular flexibility index (Phi) is 4.85. The van der Waals surface area contributed by atoms with E-state index in [4.69, 9.17) is 21.1 Å². The van der Waals surface area contributed by atoms with Crippen LogP contribution in [0.25, 0.3) is 0 Å². The lowest BCUT2D eigenvalue weighted by molar-refractivity contribution is -0.129. The molecule has 0 aromatic heterocycles. The largest absolute Gasteiger partial charge is 0.478 e. The van der Waals surface area contributed by atoms with E-state index in [9.17, 15) is 9.59 Å². The highest BCUT2D eigenvalue weighted by atomic mass is 35.5. The SMILES string of the molecule is COCN1C(=O)C(C(C)C)Oc2ccc(C(=O)CCl)cc21. The van der Waals surface area contributed by atoms with Crippen molar-refractivity contribution in [3.05, 3.63) is 23.8 Å². The lowest BCUT2D eigenvalue weighted by atomic mass is 10.0. The Morgan fingerprint density at radius 1 is 1.48 bits per heavy atom. The number of anilines is 1. The van der Waals surface area contributed by atoms with Crippen LogP contribution in [0.5, 0.6) is 5.75 Å². The summed E-state index contributed by atoms with van der Waals surface area (Å²) in [7, 11) is 1.51. The fraction of sp³-hybridized carbons (Fsp3) is 0.467. The Morgan fingerprint density at radius 2 is 2.19 bits per heavy atom. The minimum atomic E-state index is -0.553. The number of carbonyl (C=O) groups is 2. The molecule has 1 atom stereocenters. The van der Waals surface area contributed by atoms with Gasteiger partial charge in [-0.25, -0.2) is 0 Å². The first-order valence-electron chi connectivity index (χ1n) is 6.69. The van der Waals surface area contributed by atoms with E-state index in [1.165, 1.54) is 12.0 Å². The third-order valence-electron chi connectivity index (χ3n) is 3.32. The van der Waals surface area contributed by atoms with Crippen LogP contribution in [0.4, 0.5) is 5.69 Å². The normalized spacial score (nSPS) is 17.7. The average molecular weight is 312 g/mol. The first-order valence-corrected chi connectivity index (χ1v) is 7.23. The van der Waals surface area contributed by atoms with Crippen LogP contribution in [0.3, 0.4) is 0 Å². The van der Waals surface area contributed by atoms with Gasteiger partial charge in [0.05, 0.1) is 11.6 Å². The lowest BCUT2D eigenvalue weighted by Gasteiger charge is -2.35. The molecule has 1 aromatic rings. The van der Waals surface area contributed by atoms with Gasteiger partial charge in [-0.2, -0.15) is 0 Å². The molecule has 0 N–H and O–H groups in total. The number of ether oxygens (including phenoxy) is 2. The highest BCUT2D eigenvalue weighted by Crippen LogP contribution is 2.36. The Hall–Kier alpha value is -1.59. The van der Waals surface area contributed by atoms with E-state index in [2.05, 4.69) is 0 Å². The standard InChI is InChI=1S/C15H18ClNO4/c1-9(2)14-15(19)17(8-20-3)11-6-10(12(18)7-16)4-5-13(11)21-14/h4-6,9,14H,7-8H2,1-3H3. The second-order valence-electron chi connectivity index (χ2n) is 5.21. The number of ketones is 1. The van der Waals surface area contributed by atoms with Gasteiger partial charge in [0.1, 0.15) is 12.5 Å². The maximum absolute atomic E-state index is 12.5. The third kappa shape index (κ3) is 3.04. The van der Waals surface area contributed by atoms with Crippen molar-refractivity contribution in [2.75, 3.05) is 24.6 Å². The number of methoxy groups -OCH3 is 1. The summed E-state index contributed by atoms with van der Waals surface area (Å²) in [5.74, 6) is 0.127. The predicted octanol–water partition coefficient (Wildman–Crippen LogP) is 2.46. The van der Waals surface area contributed by atoms with Crippen molar-refractivity contribution in [3.63, 3.8) is 0 Å². The minimum absolute atomic E-state index is 0.0363. The maximum Gasteiger partial charge on any atom is 0.270 e. The fourth-order valence-corrected chi connectivity index (χ4v) is 2.38. The number of benzene rings is 1. The van der Waals surface area contributed by atoms with Crippen molar-refractivity contribution in [2.45, 2.75) is 20.0 Å². The molecule has 0 spiro atoms. The first-order chi connectivity index (χ1) is 9.99. The molecule has 21 heavy (non-hydrogen) atoms. The molecule has 6 heteroatoms. The van der Waals surface area contributed by atoms with E-state index in [1.54, 1.807) is 18.2 Å². The van der Waals surface area contributed by atoms with E-state index in [0.29, 0.717) is 17.0 Å². The molecule has 1 unspecified atom stereocenters. The van der Waals surface area contributed by atoms with Gasteiger partial charge < -0.3 is 9.47 Å². The topological polar surface area (TPSA) is 55.8 Å². The summed E-state index contributed by atoms with van der Waals surface area (Å²) in [6.07, 6.45) is -0.553. The van der Waals surface area contributed by atoms with Crippen LogP contribution < -0.4 is 9.64 Å². The maximum atomic E-state index is 12.5. The van der Waals surface area contributed by atoms with Crippen LogP contribution in [0, 0.1) is 5.92 Å². The molecule has 1 aliphatic rings. The lowest BCUT2D eigenvalue weighted by Crippen LogP contribution is -2.49. The summed E-state index contributed by atoms with van der Waals surface area (Å²) >= 11 is 5.57. The number of amides is 1. The van der Waals surface area contributed by atoms with Gasteiger partial charge in [0.25, 0.3) is 5.91 Å². The minimum Gasteiger partial charge on any atom is -0.478 e. The number of nitrogens with zero attached hydrogens (tertiary/aromatic N) is 1. The van der Waals surface area contributed by atoms with Crippen molar-refractivity contribution < 1.29 is 19.1 Å². The summed E-state index contributed by atoms with van der Waals surface area (Å²) < 4.78 is 10.9. The molecule has 1 aromatic carbocycles. The van der Waals surface area contributed by atoms with Gasteiger partial charge in [0.2, 0.25) is 0 Å². The van der Waals surface area contributed by atoms with E-state index < -0.39 is 6.10 Å². The molecule has 114 valence electrons. The number of fused-ring (bicyclic) bond motifs is 1. The molecule has 1 heterocycles. The van der Waals surface area contributed by atoms with E-state index in [1.807, 2.05) is 13.8 Å². The van der Waals surface area contributed by atoms with Crippen LogP contribution in [0.15, 0.2) is 18.2 Å². The Bertz CT molecular complexity index is 559. The number of Topliss-reactive ketones (excluding diaryl/α,β-unsaturated/α-hetero) is 1. The summed E-state index contributed by atoms with van der Waals surface area (Å²) in [6, 6.07) is 4.97. The number of rotatable bonds is 5. The predicted molar refractivity (Wildman–Crippen MR) is 80.1 cm³/mol. The highest BCUT2D eigenvalue weighted by molar-refractivity contribution is 6.30. The molecule has 2 rings (SSSR count). The van der Waals surface area contributed by atoms with Gasteiger partial charge in [-0.1, -0.05) is 13.8 Å². The molecule has 0 aliphatic carbocycles. The third-order valence-corrected chi connectivity index (χ3v) is 3.56. The number of hydrogen-bond acceptors (Lipinski definition) is 4. The van der Waals surface area contributed by atoms with E-state index in [0.717, 1.165) is 0 Å². The highest BCUT2D eigenvalue weighted by Gasteiger charge is 2.36. The zero-order valence-corrected chi connectivity index (χ0v) is 13.0. The molecule has 1 aliphatic heterocycles. The van der Waals surface area contributed by atoms with Gasteiger partial charge >= 0.3 is 0 Å². The van der Waals surface area contributed by atoms with Crippen LogP contribution in [-0.4, -0.2) is 37.5 Å². The monoisotopic (exact) mass is 311 g/mol. The van der Waals surface area contributed by atoms with E-state index >= 15 is 0 Å². The van der Waals surface area contributed by atoms with Gasteiger partial charge in [0, 0.05) is 12.7 Å². The van der Waals surface area contributed by atoms with Gasteiger partial charge in [-0.15, -0.1) is 11.6 Å². The molecule has 0 bridgehead atoms. The van der Waals surface area contributed by atoms with Crippen LogP contribution in [0.2, 0.25) is 0 Å². The van der Waals surface area contributed by atoms with E-state index in [-0.39, 0.29) is 30.2 Å². The molecule has 0 saturated heterocycles. The van der Waals surface area contributed by atoms with Crippen molar-refractivity contribution in [2.24, 2.45) is 5.92 Å². The fourth-order valence-electron chi connectivity index (χ4n) is 2.22. The van der Waals surface area contributed by atoms with Crippen LogP contribution in [-0.2, 0) is 9.53 Å².